The van der Waals surface area contributed by atoms with Crippen LogP contribution in [0.15, 0.2) is 48.5 Å². The van der Waals surface area contributed by atoms with Gasteiger partial charge in [0.1, 0.15) is 0 Å². The first-order chi connectivity index (χ1) is 11.7. The molecule has 1 atom stereocenters. The molecule has 0 aromatic heterocycles. The summed E-state index contributed by atoms with van der Waals surface area (Å²) in [5.41, 5.74) is -0.867. The van der Waals surface area contributed by atoms with Crippen LogP contribution in [-0.2, 0) is 6.18 Å². The van der Waals surface area contributed by atoms with E-state index >= 15 is 0 Å². The van der Waals surface area contributed by atoms with Gasteiger partial charge in [0.05, 0.1) is 16.5 Å². The molecule has 25 heavy (non-hydrogen) atoms. The Bertz CT molecular complexity index is 734. The molecule has 2 aromatic carbocycles. The van der Waals surface area contributed by atoms with Crippen molar-refractivity contribution in [2.24, 2.45) is 0 Å². The first kappa shape index (κ1) is 18.7. The number of benzene rings is 2. The first-order valence-corrected chi connectivity index (χ1v) is 7.51. The Morgan fingerprint density at radius 3 is 2.32 bits per heavy atom. The van der Waals surface area contributed by atoms with Crippen LogP contribution in [0.3, 0.4) is 0 Å². The minimum atomic E-state index is -4.69. The Hall–Kier alpha value is -2.61. The van der Waals surface area contributed by atoms with Crippen molar-refractivity contribution in [1.29, 1.82) is 0 Å². The molecule has 0 heterocycles. The number of non-ortho nitro benzene ring substituents is 1. The van der Waals surface area contributed by atoms with Gasteiger partial charge >= 0.3 is 6.18 Å². The Kier molecular flexibility index (Phi) is 5.63. The van der Waals surface area contributed by atoms with Crippen LogP contribution >= 0.6 is 0 Å². The van der Waals surface area contributed by atoms with Crippen LogP contribution in [0.4, 0.5) is 24.5 Å². The van der Waals surface area contributed by atoms with E-state index in [0.717, 1.165) is 17.7 Å². The van der Waals surface area contributed by atoms with E-state index < -0.39 is 22.4 Å². The van der Waals surface area contributed by atoms with Crippen molar-refractivity contribution in [2.75, 3.05) is 26.0 Å². The van der Waals surface area contributed by atoms with Gasteiger partial charge in [-0.2, -0.15) is 13.2 Å². The van der Waals surface area contributed by atoms with Crippen LogP contribution in [0.5, 0.6) is 0 Å². The fraction of sp³-hybridized carbons (Fsp3) is 0.294. The number of nitro groups is 1. The number of nitrogens with zero attached hydrogens (tertiary/aromatic N) is 2. The molecule has 1 unspecified atom stereocenters. The third-order valence-corrected chi connectivity index (χ3v) is 3.81. The summed E-state index contributed by atoms with van der Waals surface area (Å²) in [5.74, 6) is 0. The minimum Gasteiger partial charge on any atom is -0.383 e. The van der Waals surface area contributed by atoms with Gasteiger partial charge in [-0.15, -0.1) is 0 Å². The van der Waals surface area contributed by atoms with Crippen LogP contribution in [0.25, 0.3) is 0 Å². The Labute approximate surface area is 143 Å². The molecule has 0 amide bonds. The predicted octanol–water partition coefficient (Wildman–Crippen LogP) is 4.33. The summed E-state index contributed by atoms with van der Waals surface area (Å²) >= 11 is 0. The van der Waals surface area contributed by atoms with Gasteiger partial charge in [-0.3, -0.25) is 10.1 Å². The van der Waals surface area contributed by atoms with E-state index in [-0.39, 0.29) is 18.3 Å². The van der Waals surface area contributed by atoms with Crippen molar-refractivity contribution >= 4 is 11.4 Å². The smallest absolute Gasteiger partial charge is 0.383 e. The van der Waals surface area contributed by atoms with E-state index in [4.69, 9.17) is 0 Å². The zero-order valence-corrected chi connectivity index (χ0v) is 13.7. The SMILES string of the molecule is CN(C)C(CNc1ccc([N+](=O)[O-])cc1C(F)(F)F)c1ccccc1. The maximum Gasteiger partial charge on any atom is 0.418 e. The van der Waals surface area contributed by atoms with Crippen molar-refractivity contribution in [3.05, 3.63) is 69.8 Å². The highest BCUT2D eigenvalue weighted by atomic mass is 19.4. The second-order valence-corrected chi connectivity index (χ2v) is 5.76. The van der Waals surface area contributed by atoms with Gasteiger partial charge in [0, 0.05) is 24.4 Å². The molecule has 2 aromatic rings. The lowest BCUT2D eigenvalue weighted by Crippen LogP contribution is -2.27. The van der Waals surface area contributed by atoms with Crippen molar-refractivity contribution in [2.45, 2.75) is 12.2 Å². The zero-order chi connectivity index (χ0) is 18.6. The fourth-order valence-electron chi connectivity index (χ4n) is 2.51. The first-order valence-electron chi connectivity index (χ1n) is 7.51. The number of nitrogens with one attached hydrogen (secondary N) is 1. The van der Waals surface area contributed by atoms with E-state index in [1.165, 1.54) is 0 Å². The van der Waals surface area contributed by atoms with Crippen LogP contribution in [0, 0.1) is 10.1 Å². The van der Waals surface area contributed by atoms with Gasteiger partial charge in [0.25, 0.3) is 5.69 Å². The molecule has 5 nitrogen and oxygen atoms in total. The van der Waals surface area contributed by atoms with Gasteiger partial charge in [0.2, 0.25) is 0 Å². The average Bonchev–Trinajstić information content (AvgIpc) is 2.54. The summed E-state index contributed by atoms with van der Waals surface area (Å²) in [5, 5.41) is 13.5. The molecule has 1 N–H and O–H groups in total. The Morgan fingerprint density at radius 2 is 1.80 bits per heavy atom. The molecule has 0 aliphatic carbocycles. The van der Waals surface area contributed by atoms with Crippen molar-refractivity contribution in [3.8, 4) is 0 Å². The summed E-state index contributed by atoms with van der Waals surface area (Å²) in [4.78, 5) is 11.8. The lowest BCUT2D eigenvalue weighted by atomic mass is 10.1. The second kappa shape index (κ2) is 7.52. The monoisotopic (exact) mass is 353 g/mol. The molecule has 0 bridgehead atoms. The number of halogens is 3. The highest BCUT2D eigenvalue weighted by Crippen LogP contribution is 2.37. The summed E-state index contributed by atoms with van der Waals surface area (Å²) in [6.07, 6.45) is -4.69. The third kappa shape index (κ3) is 4.69. The summed E-state index contributed by atoms with van der Waals surface area (Å²) < 4.78 is 39.7. The number of hydrogen-bond acceptors (Lipinski definition) is 4. The van der Waals surface area contributed by atoms with Crippen molar-refractivity contribution in [1.82, 2.24) is 4.90 Å². The normalized spacial score (nSPS) is 12.9. The quantitative estimate of drug-likeness (QED) is 0.620. The van der Waals surface area contributed by atoms with Gasteiger partial charge in [0.15, 0.2) is 0 Å². The Balaban J connectivity index is 2.28. The Morgan fingerprint density at radius 1 is 1.16 bits per heavy atom. The van der Waals surface area contributed by atoms with Gasteiger partial charge in [-0.05, 0) is 25.7 Å². The van der Waals surface area contributed by atoms with Gasteiger partial charge < -0.3 is 10.2 Å². The number of anilines is 1. The lowest BCUT2D eigenvalue weighted by molar-refractivity contribution is -0.385. The van der Waals surface area contributed by atoms with Crippen LogP contribution in [0.1, 0.15) is 17.2 Å². The van der Waals surface area contributed by atoms with E-state index in [1.807, 2.05) is 49.3 Å². The van der Waals surface area contributed by atoms with Crippen molar-refractivity contribution < 1.29 is 18.1 Å². The van der Waals surface area contributed by atoms with Crippen LogP contribution in [0.2, 0.25) is 0 Å². The number of rotatable bonds is 6. The molecule has 2 rings (SSSR count). The molecule has 0 saturated carbocycles. The van der Waals surface area contributed by atoms with E-state index in [0.29, 0.717) is 6.07 Å². The fourth-order valence-corrected chi connectivity index (χ4v) is 2.51. The molecule has 0 aliphatic heterocycles. The second-order valence-electron chi connectivity index (χ2n) is 5.76. The van der Waals surface area contributed by atoms with Crippen molar-refractivity contribution in [3.63, 3.8) is 0 Å². The average molecular weight is 353 g/mol. The predicted molar refractivity (Wildman–Crippen MR) is 89.5 cm³/mol. The number of alkyl halides is 3. The third-order valence-electron chi connectivity index (χ3n) is 3.81. The molecule has 0 saturated heterocycles. The van der Waals surface area contributed by atoms with E-state index in [1.54, 1.807) is 0 Å². The largest absolute Gasteiger partial charge is 0.418 e. The molecule has 0 fully saturated rings. The lowest BCUT2D eigenvalue weighted by Gasteiger charge is -2.26. The molecular formula is C17H18F3N3O2. The molecular weight excluding hydrogens is 335 g/mol. The van der Waals surface area contributed by atoms with Gasteiger partial charge in [-0.25, -0.2) is 0 Å². The molecule has 0 radical (unpaired) electrons. The highest BCUT2D eigenvalue weighted by molar-refractivity contribution is 5.57. The molecule has 0 spiro atoms. The minimum absolute atomic E-state index is 0.155. The molecule has 8 heteroatoms. The number of nitro benzene ring substituents is 1. The summed E-state index contributed by atoms with van der Waals surface area (Å²) in [7, 11) is 3.67. The standard InChI is InChI=1S/C17H18F3N3O2/c1-22(2)16(12-6-4-3-5-7-12)11-21-15-9-8-13(23(24)25)10-14(15)17(18,19)20/h3-10,16,21H,11H2,1-2H3. The topological polar surface area (TPSA) is 58.4 Å². The molecule has 0 aliphatic rings. The van der Waals surface area contributed by atoms with E-state index in [2.05, 4.69) is 5.32 Å². The molecule has 134 valence electrons. The van der Waals surface area contributed by atoms with E-state index in [9.17, 15) is 23.3 Å². The highest BCUT2D eigenvalue weighted by Gasteiger charge is 2.35. The maximum absolute atomic E-state index is 13.2. The summed E-state index contributed by atoms with van der Waals surface area (Å²) in [6.45, 7) is 0.220. The zero-order valence-electron chi connectivity index (χ0n) is 13.7. The van der Waals surface area contributed by atoms with Gasteiger partial charge in [-0.1, -0.05) is 30.3 Å². The van der Waals surface area contributed by atoms with Crippen LogP contribution in [-0.4, -0.2) is 30.5 Å². The summed E-state index contributed by atoms with van der Waals surface area (Å²) in [6, 6.07) is 11.9. The number of hydrogen-bond donors (Lipinski definition) is 1. The maximum atomic E-state index is 13.2. The van der Waals surface area contributed by atoms with Crippen LogP contribution < -0.4 is 5.32 Å². The number of likely N-dealkylation sites (N-methyl/N-ethyl adjacent to an activating group) is 1.